The zero-order chi connectivity index (χ0) is 6.00. The SMILES string of the molecule is CO.CO.[O]=[Ta]. The van der Waals surface area contributed by atoms with Gasteiger partial charge in [-0.1, -0.05) is 0 Å². The van der Waals surface area contributed by atoms with Crippen molar-refractivity contribution < 1.29 is 34.5 Å². The predicted molar refractivity (Wildman–Crippen MR) is 17.0 cm³/mol. The van der Waals surface area contributed by atoms with Crippen LogP contribution in [0.1, 0.15) is 0 Å². The van der Waals surface area contributed by atoms with Crippen molar-refractivity contribution in [2.75, 3.05) is 14.2 Å². The topological polar surface area (TPSA) is 57.5 Å². The summed E-state index contributed by atoms with van der Waals surface area (Å²) in [7, 11) is 2.00. The van der Waals surface area contributed by atoms with Gasteiger partial charge in [-0.2, -0.15) is 0 Å². The minimum atomic E-state index is 0.194. The first-order chi connectivity index (χ1) is 3.00. The van der Waals surface area contributed by atoms with E-state index in [-0.39, 0.29) is 21.0 Å². The quantitative estimate of drug-likeness (QED) is 0.594. The van der Waals surface area contributed by atoms with Crippen LogP contribution in [0.15, 0.2) is 0 Å². The molecule has 3 nitrogen and oxygen atoms in total. The summed E-state index contributed by atoms with van der Waals surface area (Å²) < 4.78 is 8.36. The first-order valence-corrected chi connectivity index (χ1v) is 2.39. The molecular formula is C2H8O3Ta. The molecule has 0 saturated carbocycles. The van der Waals surface area contributed by atoms with Crippen LogP contribution < -0.4 is 0 Å². The van der Waals surface area contributed by atoms with Crippen molar-refractivity contribution in [3.63, 3.8) is 0 Å². The average molecular weight is 261 g/mol. The molecule has 0 aliphatic heterocycles. The Bertz CT molecular complexity index is 8.75. The third-order valence-electron chi connectivity index (χ3n) is 0. The summed E-state index contributed by atoms with van der Waals surface area (Å²) in [5.74, 6) is 0. The van der Waals surface area contributed by atoms with Crippen molar-refractivity contribution in [1.29, 1.82) is 0 Å². The number of hydrogen-bond donors (Lipinski definition) is 2. The molecule has 2 N–H and O–H groups in total. The van der Waals surface area contributed by atoms with E-state index in [0.29, 0.717) is 0 Å². The van der Waals surface area contributed by atoms with E-state index >= 15 is 0 Å². The molecular weight excluding hydrogens is 253 g/mol. The van der Waals surface area contributed by atoms with Gasteiger partial charge in [0.25, 0.3) is 0 Å². The Morgan fingerprint density at radius 3 is 1.00 bits per heavy atom. The number of hydrogen-bond acceptors (Lipinski definition) is 3. The predicted octanol–water partition coefficient (Wildman–Crippen LogP) is -0.904. The van der Waals surface area contributed by atoms with Crippen molar-refractivity contribution in [2.24, 2.45) is 0 Å². The van der Waals surface area contributed by atoms with Crippen LogP contribution in [-0.4, -0.2) is 24.4 Å². The number of rotatable bonds is 0. The number of aliphatic hydroxyl groups is 2. The van der Waals surface area contributed by atoms with Gasteiger partial charge in [-0.05, 0) is 0 Å². The third-order valence-corrected chi connectivity index (χ3v) is 0. The molecule has 0 radical (unpaired) electrons. The van der Waals surface area contributed by atoms with E-state index in [1.165, 1.54) is 0 Å². The summed E-state index contributed by atoms with van der Waals surface area (Å²) >= 11 is 0.194. The van der Waals surface area contributed by atoms with Crippen molar-refractivity contribution in [3.05, 3.63) is 0 Å². The summed E-state index contributed by atoms with van der Waals surface area (Å²) in [5, 5.41) is 14.0. The van der Waals surface area contributed by atoms with Crippen LogP contribution >= 0.6 is 0 Å². The molecule has 4 heteroatoms. The van der Waals surface area contributed by atoms with Crippen molar-refractivity contribution >= 4 is 0 Å². The molecule has 0 spiro atoms. The Kier molecular flexibility index (Phi) is 1370. The van der Waals surface area contributed by atoms with E-state index in [1.54, 1.807) is 0 Å². The molecule has 0 aliphatic rings. The van der Waals surface area contributed by atoms with E-state index in [2.05, 4.69) is 0 Å². The third kappa shape index (κ3) is 252. The van der Waals surface area contributed by atoms with Crippen molar-refractivity contribution in [1.82, 2.24) is 0 Å². The van der Waals surface area contributed by atoms with E-state index < -0.39 is 0 Å². The van der Waals surface area contributed by atoms with Crippen LogP contribution in [0.3, 0.4) is 0 Å². The maximum atomic E-state index is 8.36. The van der Waals surface area contributed by atoms with Crippen LogP contribution in [0.4, 0.5) is 0 Å². The van der Waals surface area contributed by atoms with Crippen LogP contribution in [0.25, 0.3) is 0 Å². The Hall–Kier alpha value is 0.460. The van der Waals surface area contributed by atoms with Gasteiger partial charge >= 0.3 is 24.3 Å². The second-order valence-electron chi connectivity index (χ2n) is 0. The zero-order valence-electron chi connectivity index (χ0n) is 3.75. The van der Waals surface area contributed by atoms with Gasteiger partial charge in [-0.3, -0.25) is 0 Å². The second kappa shape index (κ2) is 513. The van der Waals surface area contributed by atoms with Crippen LogP contribution in [0.5, 0.6) is 0 Å². The van der Waals surface area contributed by atoms with Crippen molar-refractivity contribution in [2.45, 2.75) is 0 Å². The minimum absolute atomic E-state index is 0.194. The first-order valence-electron chi connectivity index (χ1n) is 1.08. The summed E-state index contributed by atoms with van der Waals surface area (Å²) in [5.41, 5.74) is 0. The zero-order valence-corrected chi connectivity index (χ0v) is 6.96. The normalized spacial score (nSPS) is 2.50. The molecule has 39 valence electrons. The van der Waals surface area contributed by atoms with E-state index in [9.17, 15) is 0 Å². The van der Waals surface area contributed by atoms with Gasteiger partial charge < -0.3 is 10.2 Å². The average Bonchev–Trinajstić information content (AvgIpc) is 1.81. The standard InChI is InChI=1S/2CH4O.O.Ta/c2*1-2;;/h2*2H,1H3;;. The van der Waals surface area contributed by atoms with Crippen LogP contribution in [0, 0.1) is 0 Å². The molecule has 0 aromatic heterocycles. The van der Waals surface area contributed by atoms with Crippen LogP contribution in [0.2, 0.25) is 0 Å². The van der Waals surface area contributed by atoms with E-state index in [0.717, 1.165) is 14.2 Å². The first kappa shape index (κ1) is 16.1. The van der Waals surface area contributed by atoms with Crippen LogP contribution in [-0.2, 0) is 24.3 Å². The van der Waals surface area contributed by atoms with Gasteiger partial charge in [0.1, 0.15) is 0 Å². The Morgan fingerprint density at radius 1 is 1.00 bits per heavy atom. The molecule has 0 fully saturated rings. The molecule has 0 heterocycles. The Balaban J connectivity index is -0.0000000225. The molecule has 6 heavy (non-hydrogen) atoms. The fourth-order valence-corrected chi connectivity index (χ4v) is 0. The summed E-state index contributed by atoms with van der Waals surface area (Å²) in [4.78, 5) is 0. The molecule has 0 saturated heterocycles. The van der Waals surface area contributed by atoms with Gasteiger partial charge in [-0.15, -0.1) is 0 Å². The summed E-state index contributed by atoms with van der Waals surface area (Å²) in [6, 6.07) is 0. The Morgan fingerprint density at radius 2 is 1.00 bits per heavy atom. The van der Waals surface area contributed by atoms with Gasteiger partial charge in [-0.25, -0.2) is 0 Å². The molecule has 0 rings (SSSR count). The molecule has 0 aromatic rings. The fourth-order valence-electron chi connectivity index (χ4n) is 0. The van der Waals surface area contributed by atoms with Crippen molar-refractivity contribution in [3.8, 4) is 0 Å². The monoisotopic (exact) mass is 261 g/mol. The van der Waals surface area contributed by atoms with Gasteiger partial charge in [0.15, 0.2) is 0 Å². The maximum absolute atomic E-state index is 8.36. The summed E-state index contributed by atoms with van der Waals surface area (Å²) in [6.07, 6.45) is 0. The molecule has 0 aliphatic carbocycles. The van der Waals surface area contributed by atoms with E-state index in [4.69, 9.17) is 13.5 Å². The molecule has 0 unspecified atom stereocenters. The molecule has 0 atom stereocenters. The second-order valence-corrected chi connectivity index (χ2v) is 0. The molecule has 0 bridgehead atoms. The fraction of sp³-hybridized carbons (Fsp3) is 1.00. The van der Waals surface area contributed by atoms with Gasteiger partial charge in [0.2, 0.25) is 0 Å². The van der Waals surface area contributed by atoms with Gasteiger partial charge in [0, 0.05) is 14.2 Å². The number of aliphatic hydroxyl groups excluding tert-OH is 2. The summed E-state index contributed by atoms with van der Waals surface area (Å²) in [6.45, 7) is 0. The van der Waals surface area contributed by atoms with Gasteiger partial charge in [0.05, 0.1) is 0 Å². The Labute approximate surface area is 49.2 Å². The molecule has 0 aromatic carbocycles. The molecule has 0 amide bonds. The van der Waals surface area contributed by atoms with E-state index in [1.807, 2.05) is 0 Å².